The minimum absolute atomic E-state index is 0.278. The molecule has 1 heterocycles. The van der Waals surface area contributed by atoms with Gasteiger partial charge in [-0.2, -0.15) is 0 Å². The zero-order chi connectivity index (χ0) is 13.8. The van der Waals surface area contributed by atoms with Gasteiger partial charge in [0.25, 0.3) is 0 Å². The molecule has 19 heavy (non-hydrogen) atoms. The fraction of sp³-hybridized carbons (Fsp3) is 0.647. The smallest absolute Gasteiger partial charge is 0.0401 e. The average Bonchev–Trinajstić information content (AvgIpc) is 2.40. The molecule has 106 valence electrons. The quantitative estimate of drug-likeness (QED) is 0.895. The summed E-state index contributed by atoms with van der Waals surface area (Å²) in [7, 11) is 0. The summed E-state index contributed by atoms with van der Waals surface area (Å²) in [5.74, 6) is 0. The molecule has 0 amide bonds. The topological polar surface area (TPSA) is 29.3 Å². The molecule has 0 bridgehead atoms. The molecule has 0 aliphatic carbocycles. The van der Waals surface area contributed by atoms with Gasteiger partial charge in [0.05, 0.1) is 0 Å². The fourth-order valence-electron chi connectivity index (χ4n) is 3.04. The van der Waals surface area contributed by atoms with Crippen LogP contribution in [0.4, 0.5) is 5.69 Å². The SMILES string of the molecule is CCC(N)Cc1cc(C)ccc1N1CCCCC1C. The van der Waals surface area contributed by atoms with Crippen molar-refractivity contribution in [1.82, 2.24) is 0 Å². The van der Waals surface area contributed by atoms with Gasteiger partial charge in [-0.25, -0.2) is 0 Å². The van der Waals surface area contributed by atoms with Crippen LogP contribution >= 0.6 is 0 Å². The van der Waals surface area contributed by atoms with E-state index in [1.807, 2.05) is 0 Å². The lowest BCUT2D eigenvalue weighted by molar-refractivity contribution is 0.483. The molecule has 2 heteroatoms. The second-order valence-electron chi connectivity index (χ2n) is 6.04. The number of anilines is 1. The van der Waals surface area contributed by atoms with Crippen molar-refractivity contribution in [2.24, 2.45) is 5.73 Å². The third-order valence-corrected chi connectivity index (χ3v) is 4.35. The summed E-state index contributed by atoms with van der Waals surface area (Å²) in [4.78, 5) is 2.58. The normalized spacial score (nSPS) is 21.5. The molecule has 0 spiro atoms. The van der Waals surface area contributed by atoms with E-state index in [1.165, 1.54) is 42.6 Å². The van der Waals surface area contributed by atoms with Gasteiger partial charge in [-0.1, -0.05) is 24.6 Å². The summed E-state index contributed by atoms with van der Waals surface area (Å²) in [6.45, 7) is 7.88. The molecule has 2 nitrogen and oxygen atoms in total. The Morgan fingerprint density at radius 3 is 2.84 bits per heavy atom. The Kier molecular flexibility index (Phi) is 4.87. The second kappa shape index (κ2) is 6.42. The number of piperidine rings is 1. The van der Waals surface area contributed by atoms with E-state index in [0.29, 0.717) is 6.04 Å². The molecule has 0 aromatic heterocycles. The summed E-state index contributed by atoms with van der Waals surface area (Å²) in [6, 6.07) is 7.80. The molecule has 0 saturated carbocycles. The van der Waals surface area contributed by atoms with Crippen LogP contribution in [0.25, 0.3) is 0 Å². The van der Waals surface area contributed by atoms with Gasteiger partial charge in [0, 0.05) is 24.3 Å². The minimum Gasteiger partial charge on any atom is -0.369 e. The third kappa shape index (κ3) is 3.50. The predicted molar refractivity (Wildman–Crippen MR) is 83.8 cm³/mol. The lowest BCUT2D eigenvalue weighted by atomic mass is 9.96. The van der Waals surface area contributed by atoms with E-state index in [2.05, 4.69) is 43.9 Å². The molecule has 2 N–H and O–H groups in total. The maximum Gasteiger partial charge on any atom is 0.0401 e. The van der Waals surface area contributed by atoms with Gasteiger partial charge >= 0.3 is 0 Å². The lowest BCUT2D eigenvalue weighted by Crippen LogP contribution is -2.38. The van der Waals surface area contributed by atoms with Crippen molar-refractivity contribution >= 4 is 5.69 Å². The number of hydrogen-bond donors (Lipinski definition) is 1. The predicted octanol–water partition coefficient (Wildman–Crippen LogP) is 3.65. The van der Waals surface area contributed by atoms with E-state index in [1.54, 1.807) is 0 Å². The number of hydrogen-bond acceptors (Lipinski definition) is 2. The molecule has 2 rings (SSSR count). The Balaban J connectivity index is 2.27. The first-order chi connectivity index (χ1) is 9.11. The molecule has 1 saturated heterocycles. The summed E-state index contributed by atoms with van der Waals surface area (Å²) in [5, 5.41) is 0. The zero-order valence-electron chi connectivity index (χ0n) is 12.7. The Hall–Kier alpha value is -1.02. The highest BCUT2D eigenvalue weighted by molar-refractivity contribution is 5.56. The molecular formula is C17H28N2. The number of rotatable bonds is 4. The summed E-state index contributed by atoms with van der Waals surface area (Å²) < 4.78 is 0. The van der Waals surface area contributed by atoms with Crippen LogP contribution in [-0.2, 0) is 6.42 Å². The summed E-state index contributed by atoms with van der Waals surface area (Å²) in [6.07, 6.45) is 6.04. The molecule has 1 aliphatic rings. The van der Waals surface area contributed by atoms with E-state index in [0.717, 1.165) is 12.8 Å². The highest BCUT2D eigenvalue weighted by Crippen LogP contribution is 2.29. The lowest BCUT2D eigenvalue weighted by Gasteiger charge is -2.37. The van der Waals surface area contributed by atoms with Gasteiger partial charge in [-0.15, -0.1) is 0 Å². The highest BCUT2D eigenvalue weighted by Gasteiger charge is 2.21. The molecule has 1 aliphatic heterocycles. The molecule has 1 fully saturated rings. The maximum absolute atomic E-state index is 6.17. The second-order valence-corrected chi connectivity index (χ2v) is 6.04. The van der Waals surface area contributed by atoms with Crippen molar-refractivity contribution in [1.29, 1.82) is 0 Å². The number of nitrogens with zero attached hydrogens (tertiary/aromatic N) is 1. The van der Waals surface area contributed by atoms with Crippen molar-refractivity contribution in [2.45, 2.75) is 65.0 Å². The number of benzene rings is 1. The molecule has 2 unspecified atom stereocenters. The standard InChI is InChI=1S/C17H28N2/c1-4-16(18)12-15-11-13(2)8-9-17(15)19-10-6-5-7-14(19)3/h8-9,11,14,16H,4-7,10,12,18H2,1-3H3. The van der Waals surface area contributed by atoms with Crippen LogP contribution < -0.4 is 10.6 Å². The Morgan fingerprint density at radius 1 is 1.37 bits per heavy atom. The molecular weight excluding hydrogens is 232 g/mol. The van der Waals surface area contributed by atoms with E-state index in [4.69, 9.17) is 5.73 Å². The Morgan fingerprint density at radius 2 is 2.16 bits per heavy atom. The van der Waals surface area contributed by atoms with E-state index in [-0.39, 0.29) is 6.04 Å². The maximum atomic E-state index is 6.17. The van der Waals surface area contributed by atoms with Crippen LogP contribution in [0, 0.1) is 6.92 Å². The van der Waals surface area contributed by atoms with Crippen molar-refractivity contribution < 1.29 is 0 Å². The van der Waals surface area contributed by atoms with Crippen molar-refractivity contribution in [3.05, 3.63) is 29.3 Å². The molecule has 2 atom stereocenters. The Bertz CT molecular complexity index is 414. The zero-order valence-corrected chi connectivity index (χ0v) is 12.7. The summed E-state index contributed by atoms with van der Waals surface area (Å²) >= 11 is 0. The van der Waals surface area contributed by atoms with Crippen LogP contribution in [-0.4, -0.2) is 18.6 Å². The highest BCUT2D eigenvalue weighted by atomic mass is 15.2. The molecule has 1 aromatic rings. The first-order valence-corrected chi connectivity index (χ1v) is 7.73. The summed E-state index contributed by atoms with van der Waals surface area (Å²) in [5.41, 5.74) is 10.4. The molecule has 0 radical (unpaired) electrons. The first kappa shape index (κ1) is 14.4. The number of aryl methyl sites for hydroxylation is 1. The van der Waals surface area contributed by atoms with Crippen LogP contribution in [0.1, 0.15) is 50.7 Å². The van der Waals surface area contributed by atoms with Crippen LogP contribution in [0.2, 0.25) is 0 Å². The Labute approximate surface area is 118 Å². The van der Waals surface area contributed by atoms with Crippen LogP contribution in [0.3, 0.4) is 0 Å². The van der Waals surface area contributed by atoms with E-state index in [9.17, 15) is 0 Å². The first-order valence-electron chi connectivity index (χ1n) is 7.73. The van der Waals surface area contributed by atoms with Gasteiger partial charge in [0.1, 0.15) is 0 Å². The van der Waals surface area contributed by atoms with Crippen LogP contribution in [0.15, 0.2) is 18.2 Å². The third-order valence-electron chi connectivity index (χ3n) is 4.35. The average molecular weight is 260 g/mol. The van der Waals surface area contributed by atoms with Gasteiger partial charge in [0.15, 0.2) is 0 Å². The van der Waals surface area contributed by atoms with Gasteiger partial charge in [-0.3, -0.25) is 0 Å². The van der Waals surface area contributed by atoms with E-state index >= 15 is 0 Å². The largest absolute Gasteiger partial charge is 0.369 e. The van der Waals surface area contributed by atoms with E-state index < -0.39 is 0 Å². The van der Waals surface area contributed by atoms with Crippen molar-refractivity contribution in [2.75, 3.05) is 11.4 Å². The van der Waals surface area contributed by atoms with Crippen molar-refractivity contribution in [3.8, 4) is 0 Å². The fourth-order valence-corrected chi connectivity index (χ4v) is 3.04. The van der Waals surface area contributed by atoms with Gasteiger partial charge in [-0.05, 0) is 57.6 Å². The monoisotopic (exact) mass is 260 g/mol. The van der Waals surface area contributed by atoms with Crippen molar-refractivity contribution in [3.63, 3.8) is 0 Å². The van der Waals surface area contributed by atoms with Gasteiger partial charge < -0.3 is 10.6 Å². The molecule has 1 aromatic carbocycles. The number of nitrogens with two attached hydrogens (primary N) is 1. The van der Waals surface area contributed by atoms with Gasteiger partial charge in [0.2, 0.25) is 0 Å². The minimum atomic E-state index is 0.278. The van der Waals surface area contributed by atoms with Crippen LogP contribution in [0.5, 0.6) is 0 Å².